The molecule has 0 unspecified atom stereocenters. The third-order valence-electron chi connectivity index (χ3n) is 3.00. The first-order valence-electron chi connectivity index (χ1n) is 6.51. The Hall–Kier alpha value is -3.19. The first-order chi connectivity index (χ1) is 10.3. The number of aromatic nitrogens is 2. The van der Waals surface area contributed by atoms with Crippen molar-refractivity contribution in [3.05, 3.63) is 72.3 Å². The number of nitriles is 1. The van der Waals surface area contributed by atoms with E-state index in [0.29, 0.717) is 11.4 Å². The van der Waals surface area contributed by atoms with Crippen molar-refractivity contribution in [3.8, 4) is 17.3 Å². The van der Waals surface area contributed by atoms with Crippen LogP contribution in [0, 0.1) is 11.3 Å². The second-order valence-electron chi connectivity index (χ2n) is 4.49. The minimum atomic E-state index is 0.605. The molecule has 1 N–H and O–H groups in total. The third-order valence-corrected chi connectivity index (χ3v) is 3.00. The Morgan fingerprint density at radius 3 is 2.43 bits per heavy atom. The molecule has 4 nitrogen and oxygen atoms in total. The highest BCUT2D eigenvalue weighted by Crippen LogP contribution is 2.19. The van der Waals surface area contributed by atoms with Gasteiger partial charge in [0.15, 0.2) is 5.82 Å². The van der Waals surface area contributed by atoms with Crippen LogP contribution in [-0.4, -0.2) is 10.2 Å². The Morgan fingerprint density at radius 1 is 0.857 bits per heavy atom. The van der Waals surface area contributed by atoms with E-state index < -0.39 is 0 Å². The summed E-state index contributed by atoms with van der Waals surface area (Å²) in [4.78, 5) is 0. The van der Waals surface area contributed by atoms with E-state index in [0.717, 1.165) is 16.9 Å². The lowest BCUT2D eigenvalue weighted by Crippen LogP contribution is -1.96. The van der Waals surface area contributed by atoms with Crippen LogP contribution in [0.5, 0.6) is 0 Å². The lowest BCUT2D eigenvalue weighted by Gasteiger charge is -2.06. The van der Waals surface area contributed by atoms with Gasteiger partial charge in [-0.15, -0.1) is 10.2 Å². The Labute approximate surface area is 122 Å². The van der Waals surface area contributed by atoms with Crippen LogP contribution in [0.1, 0.15) is 5.56 Å². The summed E-state index contributed by atoms with van der Waals surface area (Å²) < 4.78 is 0. The van der Waals surface area contributed by atoms with Gasteiger partial charge in [-0.05, 0) is 30.3 Å². The summed E-state index contributed by atoms with van der Waals surface area (Å²) in [6.07, 6.45) is 0. The molecule has 0 amide bonds. The maximum Gasteiger partial charge on any atom is 0.153 e. The van der Waals surface area contributed by atoms with Gasteiger partial charge in [0.2, 0.25) is 0 Å². The fourth-order valence-electron chi connectivity index (χ4n) is 1.98. The van der Waals surface area contributed by atoms with Crippen molar-refractivity contribution >= 4 is 11.5 Å². The van der Waals surface area contributed by atoms with Crippen LogP contribution in [0.15, 0.2) is 66.7 Å². The summed E-state index contributed by atoms with van der Waals surface area (Å²) in [6, 6.07) is 23.0. The van der Waals surface area contributed by atoms with Gasteiger partial charge in [0, 0.05) is 11.3 Å². The quantitative estimate of drug-likeness (QED) is 0.788. The van der Waals surface area contributed by atoms with Crippen LogP contribution >= 0.6 is 0 Å². The van der Waals surface area contributed by atoms with Gasteiger partial charge in [0.25, 0.3) is 0 Å². The van der Waals surface area contributed by atoms with Crippen molar-refractivity contribution in [1.82, 2.24) is 10.2 Å². The number of rotatable bonds is 3. The molecule has 0 radical (unpaired) electrons. The summed E-state index contributed by atoms with van der Waals surface area (Å²) in [5, 5.41) is 20.4. The van der Waals surface area contributed by atoms with E-state index in [2.05, 4.69) is 21.6 Å². The van der Waals surface area contributed by atoms with Gasteiger partial charge in [-0.25, -0.2) is 0 Å². The van der Waals surface area contributed by atoms with Crippen LogP contribution < -0.4 is 5.32 Å². The first-order valence-corrected chi connectivity index (χ1v) is 6.51. The fourth-order valence-corrected chi connectivity index (χ4v) is 1.98. The largest absolute Gasteiger partial charge is 0.339 e. The van der Waals surface area contributed by atoms with E-state index in [1.165, 1.54) is 0 Å². The number of nitrogens with one attached hydrogen (secondary N) is 1. The highest BCUT2D eigenvalue weighted by atomic mass is 15.2. The Bertz CT molecular complexity index is 774. The highest BCUT2D eigenvalue weighted by molar-refractivity contribution is 5.62. The SMILES string of the molecule is N#Cc1cccc(Nc2ccc(-c3ccccc3)nn2)c1. The van der Waals surface area contributed by atoms with Crippen LogP contribution in [-0.2, 0) is 0 Å². The molecule has 0 saturated carbocycles. The molecule has 0 aliphatic rings. The minimum absolute atomic E-state index is 0.605. The van der Waals surface area contributed by atoms with Gasteiger partial charge < -0.3 is 5.32 Å². The standard InChI is InChI=1S/C17H12N4/c18-12-13-5-4-8-15(11-13)19-17-10-9-16(20-21-17)14-6-2-1-3-7-14/h1-11H,(H,19,21). The minimum Gasteiger partial charge on any atom is -0.339 e. The summed E-state index contributed by atoms with van der Waals surface area (Å²) in [5.41, 5.74) is 3.28. The van der Waals surface area contributed by atoms with Crippen molar-refractivity contribution in [2.75, 3.05) is 5.32 Å². The fraction of sp³-hybridized carbons (Fsp3) is 0. The predicted molar refractivity (Wildman–Crippen MR) is 81.9 cm³/mol. The van der Waals surface area contributed by atoms with Gasteiger partial charge in [-0.1, -0.05) is 36.4 Å². The molecule has 21 heavy (non-hydrogen) atoms. The molecule has 0 aliphatic heterocycles. The van der Waals surface area contributed by atoms with E-state index in [1.807, 2.05) is 54.6 Å². The molecule has 0 fully saturated rings. The molecule has 0 saturated heterocycles. The maximum absolute atomic E-state index is 8.88. The summed E-state index contributed by atoms with van der Waals surface area (Å²) >= 11 is 0. The van der Waals surface area contributed by atoms with Crippen molar-refractivity contribution in [2.45, 2.75) is 0 Å². The second-order valence-corrected chi connectivity index (χ2v) is 4.49. The van der Waals surface area contributed by atoms with E-state index >= 15 is 0 Å². The van der Waals surface area contributed by atoms with Crippen LogP contribution in [0.4, 0.5) is 11.5 Å². The maximum atomic E-state index is 8.88. The molecule has 0 atom stereocenters. The second kappa shape index (κ2) is 5.85. The summed E-state index contributed by atoms with van der Waals surface area (Å²) in [6.45, 7) is 0. The van der Waals surface area contributed by atoms with Crippen molar-refractivity contribution in [1.29, 1.82) is 5.26 Å². The molecular weight excluding hydrogens is 260 g/mol. The average molecular weight is 272 g/mol. The molecule has 0 aliphatic carbocycles. The van der Waals surface area contributed by atoms with Gasteiger partial charge in [0.1, 0.15) is 0 Å². The van der Waals surface area contributed by atoms with E-state index in [9.17, 15) is 0 Å². The number of hydrogen-bond acceptors (Lipinski definition) is 4. The number of hydrogen-bond donors (Lipinski definition) is 1. The van der Waals surface area contributed by atoms with Crippen molar-refractivity contribution in [3.63, 3.8) is 0 Å². The Balaban J connectivity index is 1.80. The number of anilines is 2. The van der Waals surface area contributed by atoms with Crippen LogP contribution in [0.25, 0.3) is 11.3 Å². The monoisotopic (exact) mass is 272 g/mol. The Kier molecular flexibility index (Phi) is 3.57. The lowest BCUT2D eigenvalue weighted by molar-refractivity contribution is 1.04. The molecule has 1 heterocycles. The predicted octanol–water partition coefficient (Wildman–Crippen LogP) is 3.76. The number of nitrogens with zero attached hydrogens (tertiary/aromatic N) is 3. The Morgan fingerprint density at radius 2 is 1.71 bits per heavy atom. The zero-order valence-corrected chi connectivity index (χ0v) is 11.2. The van der Waals surface area contributed by atoms with Crippen molar-refractivity contribution < 1.29 is 0 Å². The van der Waals surface area contributed by atoms with Crippen LogP contribution in [0.3, 0.4) is 0 Å². The first kappa shape index (κ1) is 12.8. The van der Waals surface area contributed by atoms with Gasteiger partial charge in [-0.2, -0.15) is 5.26 Å². The van der Waals surface area contributed by atoms with E-state index in [4.69, 9.17) is 5.26 Å². The molecule has 100 valence electrons. The van der Waals surface area contributed by atoms with E-state index in [-0.39, 0.29) is 0 Å². The molecule has 2 aromatic carbocycles. The zero-order valence-electron chi connectivity index (χ0n) is 11.2. The van der Waals surface area contributed by atoms with Gasteiger partial charge in [-0.3, -0.25) is 0 Å². The molecular formula is C17H12N4. The summed E-state index contributed by atoms with van der Waals surface area (Å²) in [7, 11) is 0. The number of benzene rings is 2. The smallest absolute Gasteiger partial charge is 0.153 e. The van der Waals surface area contributed by atoms with E-state index in [1.54, 1.807) is 12.1 Å². The molecule has 3 rings (SSSR count). The van der Waals surface area contributed by atoms with Crippen molar-refractivity contribution in [2.24, 2.45) is 0 Å². The van der Waals surface area contributed by atoms with Crippen LogP contribution in [0.2, 0.25) is 0 Å². The lowest BCUT2D eigenvalue weighted by atomic mass is 10.1. The molecule has 4 heteroatoms. The zero-order chi connectivity index (χ0) is 14.5. The average Bonchev–Trinajstić information content (AvgIpc) is 2.56. The normalized spacial score (nSPS) is 9.86. The molecule has 0 bridgehead atoms. The molecule has 1 aromatic heterocycles. The summed E-state index contributed by atoms with van der Waals surface area (Å²) in [5.74, 6) is 0.643. The highest BCUT2D eigenvalue weighted by Gasteiger charge is 2.01. The third kappa shape index (κ3) is 3.04. The molecule has 0 spiro atoms. The van der Waals surface area contributed by atoms with Gasteiger partial charge in [0.05, 0.1) is 17.3 Å². The molecule has 3 aromatic rings. The topological polar surface area (TPSA) is 61.6 Å². The van der Waals surface area contributed by atoms with Gasteiger partial charge >= 0.3 is 0 Å².